The number of nitrogens with two attached hydrogens (primary N) is 1. The fourth-order valence-corrected chi connectivity index (χ4v) is 3.53. The Labute approximate surface area is 121 Å². The zero-order valence-corrected chi connectivity index (χ0v) is 12.9. The van der Waals surface area contributed by atoms with Crippen molar-refractivity contribution in [1.82, 2.24) is 5.32 Å². The summed E-state index contributed by atoms with van der Waals surface area (Å²) in [6.45, 7) is 4.24. The molecule has 0 aromatic carbocycles. The van der Waals surface area contributed by atoms with Crippen molar-refractivity contribution in [3.8, 4) is 0 Å². The van der Waals surface area contributed by atoms with E-state index in [-0.39, 0.29) is 11.4 Å². The van der Waals surface area contributed by atoms with E-state index in [0.29, 0.717) is 10.9 Å². The van der Waals surface area contributed by atoms with Crippen molar-refractivity contribution < 1.29 is 4.79 Å². The molecule has 0 aliphatic heterocycles. The first-order chi connectivity index (χ1) is 8.88. The number of carbonyl (C=O) groups is 1. The normalized spacial score (nSPS) is 23.5. The molecule has 1 amide bonds. The molecule has 0 radical (unpaired) electrons. The summed E-state index contributed by atoms with van der Waals surface area (Å²) in [6, 6.07) is 0. The van der Waals surface area contributed by atoms with Crippen LogP contribution in [0.15, 0.2) is 0 Å². The summed E-state index contributed by atoms with van der Waals surface area (Å²) in [5.41, 5.74) is 5.23. The molecule has 0 atom stereocenters. The Morgan fingerprint density at radius 3 is 2.16 bits per heavy atom. The maximum atomic E-state index is 12.8. The SMILES string of the molecule is CC(C)(NC(=O)C1(C(N)=S)CCCCCC1)C1CC1. The average Bonchev–Trinajstić information content (AvgIpc) is 3.16. The average molecular weight is 282 g/mol. The highest BCUT2D eigenvalue weighted by molar-refractivity contribution is 7.80. The van der Waals surface area contributed by atoms with Crippen molar-refractivity contribution in [3.63, 3.8) is 0 Å². The summed E-state index contributed by atoms with van der Waals surface area (Å²) in [5, 5.41) is 3.23. The van der Waals surface area contributed by atoms with Crippen LogP contribution in [-0.2, 0) is 4.79 Å². The second kappa shape index (κ2) is 5.39. The molecular weight excluding hydrogens is 256 g/mol. The van der Waals surface area contributed by atoms with Crippen LogP contribution in [-0.4, -0.2) is 16.4 Å². The molecule has 2 fully saturated rings. The van der Waals surface area contributed by atoms with E-state index in [1.54, 1.807) is 0 Å². The predicted octanol–water partition coefficient (Wildman–Crippen LogP) is 2.92. The Kier molecular flexibility index (Phi) is 4.19. The van der Waals surface area contributed by atoms with E-state index >= 15 is 0 Å². The van der Waals surface area contributed by atoms with Gasteiger partial charge in [0.25, 0.3) is 0 Å². The van der Waals surface area contributed by atoms with Crippen LogP contribution in [0.25, 0.3) is 0 Å². The van der Waals surface area contributed by atoms with Crippen molar-refractivity contribution >= 4 is 23.1 Å². The minimum Gasteiger partial charge on any atom is -0.392 e. The number of thiocarbonyl (C=S) groups is 1. The fraction of sp³-hybridized carbons (Fsp3) is 0.867. The molecule has 0 unspecified atom stereocenters. The van der Waals surface area contributed by atoms with E-state index in [9.17, 15) is 4.79 Å². The third kappa shape index (κ3) is 3.10. The highest BCUT2D eigenvalue weighted by atomic mass is 32.1. The lowest BCUT2D eigenvalue weighted by Crippen LogP contribution is -2.55. The lowest BCUT2D eigenvalue weighted by atomic mass is 9.78. The third-order valence-corrected chi connectivity index (χ3v) is 5.29. The molecule has 19 heavy (non-hydrogen) atoms. The van der Waals surface area contributed by atoms with Crippen LogP contribution >= 0.6 is 12.2 Å². The first kappa shape index (κ1) is 14.8. The molecule has 3 nitrogen and oxygen atoms in total. The Balaban J connectivity index is 2.13. The van der Waals surface area contributed by atoms with E-state index < -0.39 is 5.41 Å². The topological polar surface area (TPSA) is 55.1 Å². The first-order valence-electron chi connectivity index (χ1n) is 7.51. The molecule has 4 heteroatoms. The summed E-state index contributed by atoms with van der Waals surface area (Å²) < 4.78 is 0. The molecular formula is C15H26N2OS. The Morgan fingerprint density at radius 1 is 1.21 bits per heavy atom. The standard InChI is InChI=1S/C15H26N2OS/c1-14(2,11-7-8-11)17-13(18)15(12(16)19)9-5-3-4-6-10-15/h11H,3-10H2,1-2H3,(H2,16,19)(H,17,18). The second-order valence-corrected chi connectivity index (χ2v) is 7.25. The van der Waals surface area contributed by atoms with E-state index in [1.165, 1.54) is 25.7 Å². The first-order valence-corrected chi connectivity index (χ1v) is 7.92. The van der Waals surface area contributed by atoms with Crippen molar-refractivity contribution in [1.29, 1.82) is 0 Å². The van der Waals surface area contributed by atoms with Crippen molar-refractivity contribution in [2.45, 2.75) is 70.8 Å². The van der Waals surface area contributed by atoms with Gasteiger partial charge < -0.3 is 11.1 Å². The summed E-state index contributed by atoms with van der Waals surface area (Å²) >= 11 is 5.25. The number of nitrogens with one attached hydrogen (secondary N) is 1. The van der Waals surface area contributed by atoms with Crippen molar-refractivity contribution in [3.05, 3.63) is 0 Å². The largest absolute Gasteiger partial charge is 0.392 e. The van der Waals surface area contributed by atoms with Gasteiger partial charge in [-0.2, -0.15) is 0 Å². The summed E-state index contributed by atoms with van der Waals surface area (Å²) in [6.07, 6.45) is 8.53. The van der Waals surface area contributed by atoms with Gasteiger partial charge in [0.2, 0.25) is 5.91 Å². The highest BCUT2D eigenvalue weighted by Crippen LogP contribution is 2.41. The zero-order valence-electron chi connectivity index (χ0n) is 12.1. The lowest BCUT2D eigenvalue weighted by molar-refractivity contribution is -0.130. The Hall–Kier alpha value is -0.640. The summed E-state index contributed by atoms with van der Waals surface area (Å²) in [4.78, 5) is 13.2. The van der Waals surface area contributed by atoms with Crippen LogP contribution in [0.3, 0.4) is 0 Å². The Morgan fingerprint density at radius 2 is 1.74 bits per heavy atom. The smallest absolute Gasteiger partial charge is 0.233 e. The number of hydrogen-bond acceptors (Lipinski definition) is 2. The number of rotatable bonds is 4. The molecule has 2 rings (SSSR count). The maximum Gasteiger partial charge on any atom is 0.233 e. The summed E-state index contributed by atoms with van der Waals surface area (Å²) in [5.74, 6) is 0.685. The molecule has 2 saturated carbocycles. The molecule has 0 spiro atoms. The van der Waals surface area contributed by atoms with Gasteiger partial charge in [0.05, 0.1) is 10.4 Å². The van der Waals surface area contributed by atoms with Crippen LogP contribution in [0, 0.1) is 11.3 Å². The van der Waals surface area contributed by atoms with Gasteiger partial charge in [-0.15, -0.1) is 0 Å². The van der Waals surface area contributed by atoms with Gasteiger partial charge in [-0.25, -0.2) is 0 Å². The predicted molar refractivity (Wildman–Crippen MR) is 81.9 cm³/mol. The molecule has 3 N–H and O–H groups in total. The molecule has 0 bridgehead atoms. The number of hydrogen-bond donors (Lipinski definition) is 2. The van der Waals surface area contributed by atoms with E-state index in [4.69, 9.17) is 18.0 Å². The van der Waals surface area contributed by atoms with Gasteiger partial charge >= 0.3 is 0 Å². The van der Waals surface area contributed by atoms with Crippen LogP contribution < -0.4 is 11.1 Å². The second-order valence-electron chi connectivity index (χ2n) is 6.81. The molecule has 0 saturated heterocycles. The molecule has 108 valence electrons. The van der Waals surface area contributed by atoms with Gasteiger partial charge in [-0.1, -0.05) is 37.9 Å². The Bertz CT molecular complexity index is 366. The van der Waals surface area contributed by atoms with E-state index in [2.05, 4.69) is 19.2 Å². The highest BCUT2D eigenvalue weighted by Gasteiger charge is 2.46. The fourth-order valence-electron chi connectivity index (χ4n) is 3.24. The molecule has 0 aromatic heterocycles. The quantitative estimate of drug-likeness (QED) is 0.616. The maximum absolute atomic E-state index is 12.8. The van der Waals surface area contributed by atoms with Crippen LogP contribution in [0.4, 0.5) is 0 Å². The van der Waals surface area contributed by atoms with Crippen LogP contribution in [0.2, 0.25) is 0 Å². The minimum absolute atomic E-state index is 0.0683. The van der Waals surface area contributed by atoms with Gasteiger partial charge in [0.15, 0.2) is 0 Å². The molecule has 0 aromatic rings. The van der Waals surface area contributed by atoms with E-state index in [1.807, 2.05) is 0 Å². The summed E-state index contributed by atoms with van der Waals surface area (Å²) in [7, 11) is 0. The van der Waals surface area contributed by atoms with Crippen molar-refractivity contribution in [2.24, 2.45) is 17.1 Å². The molecule has 0 heterocycles. The molecule has 2 aliphatic rings. The van der Waals surface area contributed by atoms with Gasteiger partial charge in [0.1, 0.15) is 0 Å². The van der Waals surface area contributed by atoms with Gasteiger partial charge in [-0.05, 0) is 45.4 Å². The minimum atomic E-state index is -0.599. The van der Waals surface area contributed by atoms with Crippen LogP contribution in [0.1, 0.15) is 65.2 Å². The van der Waals surface area contributed by atoms with Gasteiger partial charge in [-0.3, -0.25) is 4.79 Å². The van der Waals surface area contributed by atoms with Gasteiger partial charge in [0, 0.05) is 5.54 Å². The van der Waals surface area contributed by atoms with E-state index in [0.717, 1.165) is 25.7 Å². The monoisotopic (exact) mass is 282 g/mol. The third-order valence-electron chi connectivity index (χ3n) is 4.90. The molecule has 2 aliphatic carbocycles. The zero-order chi connectivity index (χ0) is 14.1. The van der Waals surface area contributed by atoms with Crippen LogP contribution in [0.5, 0.6) is 0 Å². The number of carbonyl (C=O) groups excluding carboxylic acids is 1. The lowest BCUT2D eigenvalue weighted by Gasteiger charge is -2.35. The van der Waals surface area contributed by atoms with Crippen molar-refractivity contribution in [2.75, 3.05) is 0 Å². The number of amides is 1.